The molecule has 2 unspecified atom stereocenters. The van der Waals surface area contributed by atoms with Gasteiger partial charge in [0.05, 0.1) is 6.10 Å². The summed E-state index contributed by atoms with van der Waals surface area (Å²) in [7, 11) is 0. The van der Waals surface area contributed by atoms with Crippen molar-refractivity contribution < 1.29 is 9.53 Å². The molecule has 1 fully saturated rings. The second kappa shape index (κ2) is 6.06. The number of hydrogen-bond acceptors (Lipinski definition) is 2. The molecule has 0 bridgehead atoms. The molecule has 0 N–H and O–H groups in total. The van der Waals surface area contributed by atoms with Gasteiger partial charge in [-0.3, -0.25) is 4.79 Å². The van der Waals surface area contributed by atoms with Crippen molar-refractivity contribution in [3.05, 3.63) is 83.9 Å². The predicted octanol–water partition coefficient (Wildman–Crippen LogP) is 4.35. The summed E-state index contributed by atoms with van der Waals surface area (Å²) in [6.07, 6.45) is 0.878. The van der Waals surface area contributed by atoms with E-state index in [0.29, 0.717) is 12.0 Å². The standard InChI is InChI=1S/C19H18O2/c1-14-12-17(15-8-4-2-5-9-15)21-18(13-14)19(20)16-10-6-3-7-11-16/h2-11,17-18H,1,12-13H2. The molecule has 2 nitrogen and oxygen atoms in total. The number of rotatable bonds is 3. The van der Waals surface area contributed by atoms with Crippen LogP contribution in [0.15, 0.2) is 72.8 Å². The minimum Gasteiger partial charge on any atom is -0.361 e. The Balaban J connectivity index is 1.81. The fourth-order valence-corrected chi connectivity index (χ4v) is 2.71. The molecule has 0 saturated carbocycles. The summed E-state index contributed by atoms with van der Waals surface area (Å²) in [6.45, 7) is 4.08. The Bertz CT molecular complexity index is 631. The molecular weight excluding hydrogens is 260 g/mol. The van der Waals surface area contributed by atoms with Gasteiger partial charge in [-0.15, -0.1) is 0 Å². The number of hydrogen-bond donors (Lipinski definition) is 0. The fraction of sp³-hybridized carbons (Fsp3) is 0.211. The number of carbonyl (C=O) groups excluding carboxylic acids is 1. The van der Waals surface area contributed by atoms with Crippen molar-refractivity contribution in [1.82, 2.24) is 0 Å². The number of Topliss-reactive ketones (excluding diaryl/α,β-unsaturated/α-hetero) is 1. The molecule has 0 amide bonds. The first-order valence-electron chi connectivity index (χ1n) is 7.20. The van der Waals surface area contributed by atoms with Crippen molar-refractivity contribution in [1.29, 1.82) is 0 Å². The number of ether oxygens (including phenoxy) is 1. The van der Waals surface area contributed by atoms with Gasteiger partial charge < -0.3 is 4.74 Å². The molecule has 2 aromatic carbocycles. The van der Waals surface area contributed by atoms with Crippen LogP contribution >= 0.6 is 0 Å². The Kier molecular flexibility index (Phi) is 3.98. The van der Waals surface area contributed by atoms with Gasteiger partial charge in [0.25, 0.3) is 0 Å². The van der Waals surface area contributed by atoms with E-state index in [2.05, 4.69) is 6.58 Å². The first-order chi connectivity index (χ1) is 10.2. The van der Waals surface area contributed by atoms with E-state index < -0.39 is 6.10 Å². The Hall–Kier alpha value is -2.19. The third-order valence-electron chi connectivity index (χ3n) is 3.80. The summed E-state index contributed by atoms with van der Waals surface area (Å²) in [4.78, 5) is 12.6. The van der Waals surface area contributed by atoms with Crippen LogP contribution < -0.4 is 0 Å². The summed E-state index contributed by atoms with van der Waals surface area (Å²) in [5.74, 6) is 0.0392. The summed E-state index contributed by atoms with van der Waals surface area (Å²) >= 11 is 0. The zero-order chi connectivity index (χ0) is 14.7. The van der Waals surface area contributed by atoms with Crippen LogP contribution in [-0.2, 0) is 4.74 Å². The molecule has 1 heterocycles. The molecule has 0 radical (unpaired) electrons. The van der Waals surface area contributed by atoms with Gasteiger partial charge in [0, 0.05) is 12.0 Å². The molecule has 2 atom stereocenters. The molecule has 106 valence electrons. The van der Waals surface area contributed by atoms with E-state index in [4.69, 9.17) is 4.74 Å². The van der Waals surface area contributed by atoms with E-state index in [1.807, 2.05) is 60.7 Å². The third-order valence-corrected chi connectivity index (χ3v) is 3.80. The average Bonchev–Trinajstić information content (AvgIpc) is 2.55. The smallest absolute Gasteiger partial charge is 0.191 e. The predicted molar refractivity (Wildman–Crippen MR) is 83.2 cm³/mol. The van der Waals surface area contributed by atoms with Gasteiger partial charge in [-0.2, -0.15) is 0 Å². The van der Waals surface area contributed by atoms with Gasteiger partial charge in [0.15, 0.2) is 5.78 Å². The Morgan fingerprint density at radius 1 is 0.952 bits per heavy atom. The first-order valence-corrected chi connectivity index (χ1v) is 7.20. The molecule has 0 spiro atoms. The molecule has 21 heavy (non-hydrogen) atoms. The quantitative estimate of drug-likeness (QED) is 0.616. The molecule has 0 aliphatic carbocycles. The van der Waals surface area contributed by atoms with E-state index >= 15 is 0 Å². The second-order valence-corrected chi connectivity index (χ2v) is 5.41. The minimum atomic E-state index is -0.432. The zero-order valence-electron chi connectivity index (χ0n) is 11.9. The van der Waals surface area contributed by atoms with Gasteiger partial charge in [0.1, 0.15) is 6.10 Å². The lowest BCUT2D eigenvalue weighted by atomic mass is 9.91. The van der Waals surface area contributed by atoms with Crippen molar-refractivity contribution in [2.75, 3.05) is 0 Å². The average molecular weight is 278 g/mol. The molecule has 1 aliphatic heterocycles. The van der Waals surface area contributed by atoms with Gasteiger partial charge >= 0.3 is 0 Å². The highest BCUT2D eigenvalue weighted by Crippen LogP contribution is 2.34. The Morgan fingerprint density at radius 3 is 2.24 bits per heavy atom. The van der Waals surface area contributed by atoms with Crippen LogP contribution in [0, 0.1) is 0 Å². The summed E-state index contributed by atoms with van der Waals surface area (Å²) in [6, 6.07) is 19.4. The van der Waals surface area contributed by atoms with Crippen LogP contribution in [0.3, 0.4) is 0 Å². The van der Waals surface area contributed by atoms with Gasteiger partial charge in [-0.1, -0.05) is 72.8 Å². The maximum atomic E-state index is 12.6. The van der Waals surface area contributed by atoms with E-state index in [1.54, 1.807) is 0 Å². The van der Waals surface area contributed by atoms with Gasteiger partial charge in [-0.05, 0) is 12.0 Å². The fourth-order valence-electron chi connectivity index (χ4n) is 2.71. The highest BCUT2D eigenvalue weighted by molar-refractivity contribution is 5.99. The van der Waals surface area contributed by atoms with Crippen molar-refractivity contribution >= 4 is 5.78 Å². The molecule has 0 aromatic heterocycles. The van der Waals surface area contributed by atoms with Crippen molar-refractivity contribution in [3.8, 4) is 0 Å². The summed E-state index contributed by atoms with van der Waals surface area (Å²) in [5.41, 5.74) is 2.87. The van der Waals surface area contributed by atoms with Crippen LogP contribution in [0.2, 0.25) is 0 Å². The summed E-state index contributed by atoms with van der Waals surface area (Å²) in [5, 5.41) is 0. The van der Waals surface area contributed by atoms with E-state index in [0.717, 1.165) is 17.6 Å². The molecule has 1 saturated heterocycles. The lowest BCUT2D eigenvalue weighted by Crippen LogP contribution is -2.31. The number of ketones is 1. The first kappa shape index (κ1) is 13.8. The third kappa shape index (κ3) is 3.11. The zero-order valence-corrected chi connectivity index (χ0v) is 11.9. The Labute approximate surface area is 125 Å². The molecular formula is C19H18O2. The highest BCUT2D eigenvalue weighted by Gasteiger charge is 2.30. The minimum absolute atomic E-state index is 0.0392. The van der Waals surface area contributed by atoms with Crippen molar-refractivity contribution in [3.63, 3.8) is 0 Å². The highest BCUT2D eigenvalue weighted by atomic mass is 16.5. The summed E-state index contributed by atoms with van der Waals surface area (Å²) < 4.78 is 6.05. The molecule has 2 heteroatoms. The maximum Gasteiger partial charge on any atom is 0.191 e. The van der Waals surface area contributed by atoms with E-state index in [9.17, 15) is 4.79 Å². The number of benzene rings is 2. The maximum absolute atomic E-state index is 12.6. The van der Waals surface area contributed by atoms with Crippen LogP contribution in [-0.4, -0.2) is 11.9 Å². The molecule has 2 aromatic rings. The van der Waals surface area contributed by atoms with Crippen LogP contribution in [0.25, 0.3) is 0 Å². The Morgan fingerprint density at radius 2 is 1.57 bits per heavy atom. The van der Waals surface area contributed by atoms with Gasteiger partial charge in [0.2, 0.25) is 0 Å². The normalized spacial score (nSPS) is 22.0. The van der Waals surface area contributed by atoms with E-state index in [-0.39, 0.29) is 11.9 Å². The monoisotopic (exact) mass is 278 g/mol. The molecule has 3 rings (SSSR count). The lowest BCUT2D eigenvalue weighted by molar-refractivity contribution is -0.0200. The van der Waals surface area contributed by atoms with Crippen molar-refractivity contribution in [2.24, 2.45) is 0 Å². The van der Waals surface area contributed by atoms with Crippen LogP contribution in [0.4, 0.5) is 0 Å². The van der Waals surface area contributed by atoms with Crippen LogP contribution in [0.1, 0.15) is 34.9 Å². The van der Waals surface area contributed by atoms with Crippen LogP contribution in [0.5, 0.6) is 0 Å². The second-order valence-electron chi connectivity index (χ2n) is 5.41. The van der Waals surface area contributed by atoms with Crippen molar-refractivity contribution in [2.45, 2.75) is 25.0 Å². The van der Waals surface area contributed by atoms with E-state index in [1.165, 1.54) is 0 Å². The SMILES string of the molecule is C=C1CC(C(=O)c2ccccc2)OC(c2ccccc2)C1. The topological polar surface area (TPSA) is 26.3 Å². The largest absolute Gasteiger partial charge is 0.361 e. The number of carbonyl (C=O) groups is 1. The lowest BCUT2D eigenvalue weighted by Gasteiger charge is -2.31. The van der Waals surface area contributed by atoms with Gasteiger partial charge in [-0.25, -0.2) is 0 Å². The molecule has 1 aliphatic rings.